The molecule has 5 atom stereocenters. The van der Waals surface area contributed by atoms with Crippen LogP contribution >= 0.6 is 11.6 Å². The van der Waals surface area contributed by atoms with Gasteiger partial charge in [-0.1, -0.05) is 54.1 Å². The van der Waals surface area contributed by atoms with Gasteiger partial charge in [-0.25, -0.2) is 4.79 Å². The Morgan fingerprint density at radius 3 is 2.48 bits per heavy atom. The van der Waals surface area contributed by atoms with Gasteiger partial charge in [0.2, 0.25) is 0 Å². The number of esters is 1. The van der Waals surface area contributed by atoms with E-state index in [0.29, 0.717) is 10.7 Å². The first-order valence-electron chi connectivity index (χ1n) is 14.4. The fourth-order valence-corrected chi connectivity index (χ4v) is 6.65. The number of carbonyl (C=O) groups is 2. The summed E-state index contributed by atoms with van der Waals surface area (Å²) in [6.45, 7) is 1.95. The second-order valence-corrected chi connectivity index (χ2v) is 11.6. The maximum atomic E-state index is 13.9. The number of hydrogen-bond acceptors (Lipinski definition) is 5. The molecule has 2 aliphatic carbocycles. The summed E-state index contributed by atoms with van der Waals surface area (Å²) in [5.41, 5.74) is -0.234. The number of urea groups is 1. The van der Waals surface area contributed by atoms with E-state index < -0.39 is 41.8 Å². The molecule has 0 spiro atoms. The van der Waals surface area contributed by atoms with Crippen molar-refractivity contribution < 1.29 is 36.6 Å². The average Bonchev–Trinajstić information content (AvgIpc) is 3.60. The lowest BCUT2D eigenvalue weighted by Crippen LogP contribution is -2.57. The molecule has 44 heavy (non-hydrogen) atoms. The first kappa shape index (κ1) is 31.6. The minimum Gasteiger partial charge on any atom is -0.466 e. The minimum absolute atomic E-state index is 0.0859. The number of nitrogens with zero attached hydrogens (tertiary/aromatic N) is 1. The number of nitrogens with one attached hydrogen (secondary N) is 2. The van der Waals surface area contributed by atoms with Gasteiger partial charge in [0.15, 0.2) is 0 Å². The Bertz CT molecular complexity index is 1460. The molecule has 2 N–H and O–H groups in total. The zero-order chi connectivity index (χ0) is 31.5. The van der Waals surface area contributed by atoms with Crippen LogP contribution in [0, 0.1) is 17.8 Å². The average molecular weight is 634 g/mol. The summed E-state index contributed by atoms with van der Waals surface area (Å²) in [4.78, 5) is 31.3. The Morgan fingerprint density at radius 2 is 1.80 bits per heavy atom. The molecule has 5 rings (SSSR count). The van der Waals surface area contributed by atoms with Gasteiger partial charge in [0.1, 0.15) is 11.3 Å². The van der Waals surface area contributed by atoms with Crippen LogP contribution in [0.4, 0.5) is 22.4 Å². The summed E-state index contributed by atoms with van der Waals surface area (Å²) < 4.78 is 63.6. The topological polar surface area (TPSA) is 89.5 Å². The van der Waals surface area contributed by atoms with Crippen LogP contribution < -0.4 is 15.4 Å². The van der Waals surface area contributed by atoms with Gasteiger partial charge >= 0.3 is 24.5 Å². The molecule has 2 saturated carbocycles. The van der Waals surface area contributed by atoms with Crippen molar-refractivity contribution in [1.82, 2.24) is 15.6 Å². The van der Waals surface area contributed by atoms with Crippen molar-refractivity contribution >= 4 is 23.6 Å². The molecule has 2 fully saturated rings. The minimum atomic E-state index is -4.74. The number of amides is 2. The third kappa shape index (κ3) is 6.62. The Morgan fingerprint density at radius 1 is 1.05 bits per heavy atom. The maximum Gasteiger partial charge on any atom is 0.461 e. The number of halogens is 5. The lowest BCUT2D eigenvalue weighted by atomic mass is 9.80. The number of rotatable bonds is 11. The smallest absolute Gasteiger partial charge is 0.461 e. The Hall–Kier alpha value is -3.86. The highest BCUT2D eigenvalue weighted by molar-refractivity contribution is 6.30. The number of benzene rings is 2. The standard InChI is InChI=1S/C32H32ClF4N3O4/c1-2-43-28(41)26-20-11-12-21(15-20)27(26)39-30(42)40-31(17-19-7-4-3-5-8-19,25-14-13-23(33)18-38-25)22-9-6-10-24(16-22)44-32(36,37)29(34)35/h3-10,13-14,16,18,20-21,26-27,29H,2,11-12,15,17H2,1H3,(H2,39,40,42)/t20-,21+,26-,27+,31-/m0/s1. The molecule has 0 unspecified atom stereocenters. The van der Waals surface area contributed by atoms with E-state index in [9.17, 15) is 27.2 Å². The number of ether oxygens (including phenoxy) is 2. The van der Waals surface area contributed by atoms with E-state index in [1.165, 1.54) is 18.3 Å². The first-order valence-corrected chi connectivity index (χ1v) is 14.8. The normalized spacial score (nSPS) is 22.3. The van der Waals surface area contributed by atoms with Gasteiger partial charge in [0, 0.05) is 18.7 Å². The number of alkyl halides is 4. The molecular weight excluding hydrogens is 602 g/mol. The quantitative estimate of drug-likeness (QED) is 0.180. The van der Waals surface area contributed by atoms with E-state index in [2.05, 4.69) is 20.4 Å². The molecule has 0 saturated heterocycles. The van der Waals surface area contributed by atoms with Crippen molar-refractivity contribution in [2.75, 3.05) is 6.61 Å². The summed E-state index contributed by atoms with van der Waals surface area (Å²) >= 11 is 6.14. The van der Waals surface area contributed by atoms with Crippen LogP contribution in [0.5, 0.6) is 5.75 Å². The third-order valence-electron chi connectivity index (χ3n) is 8.41. The summed E-state index contributed by atoms with van der Waals surface area (Å²) in [6, 6.07) is 16.4. The van der Waals surface area contributed by atoms with E-state index in [1.54, 1.807) is 37.3 Å². The van der Waals surface area contributed by atoms with Crippen molar-refractivity contribution in [1.29, 1.82) is 0 Å². The third-order valence-corrected chi connectivity index (χ3v) is 8.63. The van der Waals surface area contributed by atoms with Crippen LogP contribution in [-0.4, -0.2) is 42.2 Å². The summed E-state index contributed by atoms with van der Waals surface area (Å²) in [5.74, 6) is -1.20. The first-order chi connectivity index (χ1) is 21.0. The zero-order valence-electron chi connectivity index (χ0n) is 23.8. The molecule has 7 nitrogen and oxygen atoms in total. The number of aromatic nitrogens is 1. The Balaban J connectivity index is 1.56. The summed E-state index contributed by atoms with van der Waals surface area (Å²) in [7, 11) is 0. The number of carbonyl (C=O) groups excluding carboxylic acids is 2. The summed E-state index contributed by atoms with van der Waals surface area (Å²) in [5, 5.41) is 6.35. The van der Waals surface area contributed by atoms with Gasteiger partial charge in [0.05, 0.1) is 23.2 Å². The van der Waals surface area contributed by atoms with Crippen molar-refractivity contribution in [2.45, 2.75) is 56.7 Å². The largest absolute Gasteiger partial charge is 0.466 e. The number of pyridine rings is 1. The van der Waals surface area contributed by atoms with Gasteiger partial charge < -0.3 is 20.1 Å². The molecule has 2 aromatic carbocycles. The molecule has 234 valence electrons. The lowest BCUT2D eigenvalue weighted by molar-refractivity contribution is -0.253. The fourth-order valence-electron chi connectivity index (χ4n) is 6.54. The molecule has 3 aromatic rings. The van der Waals surface area contributed by atoms with E-state index in [1.807, 2.05) is 18.2 Å². The molecule has 1 heterocycles. The van der Waals surface area contributed by atoms with E-state index in [0.717, 1.165) is 30.9 Å². The van der Waals surface area contributed by atoms with Crippen molar-refractivity contribution in [3.05, 3.63) is 94.8 Å². The highest BCUT2D eigenvalue weighted by Gasteiger charge is 2.52. The predicted molar refractivity (Wildman–Crippen MR) is 155 cm³/mol. The van der Waals surface area contributed by atoms with Crippen LogP contribution in [0.1, 0.15) is 43.0 Å². The van der Waals surface area contributed by atoms with Crippen LogP contribution in [0.25, 0.3) is 0 Å². The Labute approximate surface area is 257 Å². The SMILES string of the molecule is CCOC(=O)[C@H]1[C@H]2CC[C@H](C2)[C@H]1NC(=O)N[C@@](Cc1ccccc1)(c1cccc(OC(F)(F)C(F)F)c1)c1ccc(Cl)cn1. The Kier molecular flexibility index (Phi) is 9.34. The number of hydrogen-bond donors (Lipinski definition) is 2. The summed E-state index contributed by atoms with van der Waals surface area (Å²) in [6.07, 6.45) is -4.81. The molecule has 2 bridgehead atoms. The van der Waals surface area contributed by atoms with Crippen molar-refractivity contribution in [3.8, 4) is 5.75 Å². The van der Waals surface area contributed by atoms with E-state index in [-0.39, 0.29) is 36.4 Å². The lowest BCUT2D eigenvalue weighted by Gasteiger charge is -2.37. The van der Waals surface area contributed by atoms with Crippen LogP contribution in [0.15, 0.2) is 72.9 Å². The van der Waals surface area contributed by atoms with Gasteiger partial charge in [0.25, 0.3) is 0 Å². The monoisotopic (exact) mass is 633 g/mol. The van der Waals surface area contributed by atoms with Gasteiger partial charge in [-0.2, -0.15) is 17.6 Å². The molecule has 2 aliphatic rings. The zero-order valence-corrected chi connectivity index (χ0v) is 24.6. The highest BCUT2D eigenvalue weighted by Crippen LogP contribution is 2.49. The van der Waals surface area contributed by atoms with Gasteiger partial charge in [-0.15, -0.1) is 0 Å². The van der Waals surface area contributed by atoms with Gasteiger partial charge in [-0.05, 0) is 73.4 Å². The van der Waals surface area contributed by atoms with Crippen LogP contribution in [-0.2, 0) is 21.5 Å². The predicted octanol–water partition coefficient (Wildman–Crippen LogP) is 6.74. The highest BCUT2D eigenvalue weighted by atomic mass is 35.5. The molecule has 12 heteroatoms. The van der Waals surface area contributed by atoms with Crippen molar-refractivity contribution in [2.24, 2.45) is 17.8 Å². The van der Waals surface area contributed by atoms with E-state index >= 15 is 0 Å². The molecular formula is C32H32ClF4N3O4. The van der Waals surface area contributed by atoms with Gasteiger partial charge in [-0.3, -0.25) is 9.78 Å². The van der Waals surface area contributed by atoms with Crippen LogP contribution in [0.2, 0.25) is 5.02 Å². The molecule has 0 aliphatic heterocycles. The van der Waals surface area contributed by atoms with Crippen LogP contribution in [0.3, 0.4) is 0 Å². The molecule has 1 aromatic heterocycles. The van der Waals surface area contributed by atoms with E-state index in [4.69, 9.17) is 16.3 Å². The fraction of sp³-hybridized carbons (Fsp3) is 0.406. The second-order valence-electron chi connectivity index (χ2n) is 11.2. The molecule has 0 radical (unpaired) electrons. The second kappa shape index (κ2) is 13.0. The van der Waals surface area contributed by atoms with Crippen molar-refractivity contribution in [3.63, 3.8) is 0 Å². The maximum absolute atomic E-state index is 13.9. The number of fused-ring (bicyclic) bond motifs is 2. The molecule has 2 amide bonds.